The number of benzene rings is 1. The summed E-state index contributed by atoms with van der Waals surface area (Å²) < 4.78 is 3.78. The Morgan fingerprint density at radius 3 is 2.41 bits per heavy atom. The smallest absolute Gasteiger partial charge is 0.276 e. The molecule has 0 unspecified atom stereocenters. The van der Waals surface area contributed by atoms with Crippen molar-refractivity contribution < 1.29 is 0 Å². The van der Waals surface area contributed by atoms with Crippen molar-refractivity contribution in [2.45, 2.75) is 32.7 Å². The topological polar surface area (TPSA) is 42.2 Å². The van der Waals surface area contributed by atoms with Crippen molar-refractivity contribution >= 4 is 24.8 Å². The normalized spacial score (nSPS) is 18.9. The van der Waals surface area contributed by atoms with Gasteiger partial charge in [-0.25, -0.2) is 4.68 Å². The number of halogens is 2. The molecule has 0 amide bonds. The fourth-order valence-electron chi connectivity index (χ4n) is 4.56. The molecule has 0 radical (unpaired) electrons. The van der Waals surface area contributed by atoms with Gasteiger partial charge in [0.1, 0.15) is 0 Å². The minimum Gasteiger partial charge on any atom is -0.317 e. The van der Waals surface area contributed by atoms with E-state index in [1.807, 2.05) is 42.1 Å². The highest BCUT2D eigenvalue weighted by Crippen LogP contribution is 2.39. The van der Waals surface area contributed by atoms with Crippen LogP contribution in [0.15, 0.2) is 35.1 Å². The molecule has 2 saturated heterocycles. The average molecular weight is 413 g/mol. The minimum absolute atomic E-state index is 0. The number of para-hydroxylation sites is 1. The molecule has 2 aromatic rings. The SMILES string of the molecule is Cc1c(CN2CCC3(CCNCC3)C2)c(=O)n(-c2ccccc2)n1C.Cl.Cl. The van der Waals surface area contributed by atoms with Gasteiger partial charge in [0.15, 0.2) is 0 Å². The van der Waals surface area contributed by atoms with Gasteiger partial charge in [-0.3, -0.25) is 14.4 Å². The molecule has 2 fully saturated rings. The lowest BCUT2D eigenvalue weighted by Crippen LogP contribution is -2.38. The molecule has 0 saturated carbocycles. The van der Waals surface area contributed by atoms with Crippen LogP contribution >= 0.6 is 24.8 Å². The van der Waals surface area contributed by atoms with Crippen LogP contribution in [0.1, 0.15) is 30.5 Å². The molecule has 4 rings (SSSR count). The van der Waals surface area contributed by atoms with E-state index in [4.69, 9.17) is 0 Å². The fraction of sp³-hybridized carbons (Fsp3) is 0.550. The third-order valence-electron chi connectivity index (χ3n) is 6.24. The Kier molecular flexibility index (Phi) is 7.20. The molecule has 1 aromatic heterocycles. The van der Waals surface area contributed by atoms with Crippen molar-refractivity contribution in [3.05, 3.63) is 51.9 Å². The predicted molar refractivity (Wildman–Crippen MR) is 115 cm³/mol. The lowest BCUT2D eigenvalue weighted by molar-refractivity contribution is 0.193. The van der Waals surface area contributed by atoms with Gasteiger partial charge in [0.25, 0.3) is 5.56 Å². The van der Waals surface area contributed by atoms with Gasteiger partial charge in [0.2, 0.25) is 0 Å². The summed E-state index contributed by atoms with van der Waals surface area (Å²) in [5, 5.41) is 3.47. The van der Waals surface area contributed by atoms with Crippen LogP contribution < -0.4 is 10.9 Å². The van der Waals surface area contributed by atoms with E-state index in [0.29, 0.717) is 5.41 Å². The Balaban J connectivity index is 0.00000131. The number of hydrogen-bond acceptors (Lipinski definition) is 3. The van der Waals surface area contributed by atoms with Crippen molar-refractivity contribution in [1.82, 2.24) is 19.6 Å². The van der Waals surface area contributed by atoms with Gasteiger partial charge in [-0.2, -0.15) is 0 Å². The molecule has 150 valence electrons. The molecule has 3 heterocycles. The molecule has 0 atom stereocenters. The van der Waals surface area contributed by atoms with Gasteiger partial charge in [0, 0.05) is 25.8 Å². The van der Waals surface area contributed by atoms with Crippen LogP contribution in [0.5, 0.6) is 0 Å². The zero-order valence-corrected chi connectivity index (χ0v) is 17.7. The lowest BCUT2D eigenvalue weighted by atomic mass is 9.78. The summed E-state index contributed by atoms with van der Waals surface area (Å²) in [6, 6.07) is 9.92. The van der Waals surface area contributed by atoms with Crippen LogP contribution in [0.3, 0.4) is 0 Å². The number of rotatable bonds is 3. The molecular weight excluding hydrogens is 383 g/mol. The molecule has 5 nitrogen and oxygen atoms in total. The Hall–Kier alpha value is -1.27. The predicted octanol–water partition coefficient (Wildman–Crippen LogP) is 2.90. The summed E-state index contributed by atoms with van der Waals surface area (Å²) in [6.07, 6.45) is 3.81. The highest BCUT2D eigenvalue weighted by Gasteiger charge is 2.39. The molecule has 1 spiro atoms. The van der Waals surface area contributed by atoms with Crippen LogP contribution in [-0.2, 0) is 13.6 Å². The first kappa shape index (κ1) is 22.0. The zero-order valence-electron chi connectivity index (χ0n) is 16.1. The minimum atomic E-state index is 0. The summed E-state index contributed by atoms with van der Waals surface area (Å²) in [5.41, 5.74) is 3.54. The number of nitrogens with one attached hydrogen (secondary N) is 1. The van der Waals surface area contributed by atoms with E-state index in [1.54, 1.807) is 4.68 Å². The summed E-state index contributed by atoms with van der Waals surface area (Å²) in [5.74, 6) is 0. The summed E-state index contributed by atoms with van der Waals surface area (Å²) in [7, 11) is 1.98. The molecular formula is C20H30Cl2N4O. The Bertz CT molecular complexity index is 809. The Morgan fingerprint density at radius 1 is 1.07 bits per heavy atom. The second-order valence-corrected chi connectivity index (χ2v) is 7.75. The van der Waals surface area contributed by atoms with E-state index >= 15 is 0 Å². The molecule has 1 aromatic carbocycles. The highest BCUT2D eigenvalue weighted by atomic mass is 35.5. The average Bonchev–Trinajstić information content (AvgIpc) is 3.11. The number of piperidine rings is 1. The van der Waals surface area contributed by atoms with Gasteiger partial charge in [0.05, 0.1) is 11.3 Å². The summed E-state index contributed by atoms with van der Waals surface area (Å²) >= 11 is 0. The maximum Gasteiger partial charge on any atom is 0.276 e. The molecule has 2 aliphatic heterocycles. The van der Waals surface area contributed by atoms with Crippen LogP contribution in [0.4, 0.5) is 0 Å². The maximum absolute atomic E-state index is 13.1. The lowest BCUT2D eigenvalue weighted by Gasteiger charge is -2.33. The second kappa shape index (κ2) is 8.82. The van der Waals surface area contributed by atoms with Gasteiger partial charge in [-0.1, -0.05) is 18.2 Å². The van der Waals surface area contributed by atoms with Crippen molar-refractivity contribution in [2.75, 3.05) is 26.2 Å². The van der Waals surface area contributed by atoms with E-state index in [9.17, 15) is 4.79 Å². The molecule has 0 bridgehead atoms. The summed E-state index contributed by atoms with van der Waals surface area (Å²) in [6.45, 7) is 7.35. The number of aromatic nitrogens is 2. The maximum atomic E-state index is 13.1. The van der Waals surface area contributed by atoms with E-state index in [2.05, 4.69) is 17.1 Å². The standard InChI is InChI=1S/C20H28N4O.2ClH/c1-16-18(14-23-13-10-20(15-23)8-11-21-12-9-20)19(25)24(22(16)2)17-6-4-3-5-7-17;;/h3-7,21H,8-15H2,1-2H3;2*1H. The van der Waals surface area contributed by atoms with Gasteiger partial charge in [-0.05, 0) is 63.4 Å². The highest BCUT2D eigenvalue weighted by molar-refractivity contribution is 5.85. The van der Waals surface area contributed by atoms with E-state index in [-0.39, 0.29) is 30.4 Å². The van der Waals surface area contributed by atoms with Gasteiger partial charge < -0.3 is 5.32 Å². The monoisotopic (exact) mass is 412 g/mol. The van der Waals surface area contributed by atoms with Crippen LogP contribution in [0.25, 0.3) is 5.69 Å². The van der Waals surface area contributed by atoms with Crippen molar-refractivity contribution in [3.63, 3.8) is 0 Å². The van der Waals surface area contributed by atoms with Gasteiger partial charge in [-0.15, -0.1) is 24.8 Å². The molecule has 2 aliphatic rings. The molecule has 1 N–H and O–H groups in total. The second-order valence-electron chi connectivity index (χ2n) is 7.75. The van der Waals surface area contributed by atoms with Gasteiger partial charge >= 0.3 is 0 Å². The van der Waals surface area contributed by atoms with E-state index in [0.717, 1.165) is 49.7 Å². The molecule has 7 heteroatoms. The van der Waals surface area contributed by atoms with E-state index in [1.165, 1.54) is 19.3 Å². The number of hydrogen-bond donors (Lipinski definition) is 1. The number of likely N-dealkylation sites (tertiary alicyclic amines) is 1. The first-order valence-corrected chi connectivity index (χ1v) is 9.36. The zero-order chi connectivity index (χ0) is 17.4. The molecule has 27 heavy (non-hydrogen) atoms. The largest absolute Gasteiger partial charge is 0.317 e. The quantitative estimate of drug-likeness (QED) is 0.842. The summed E-state index contributed by atoms with van der Waals surface area (Å²) in [4.78, 5) is 15.6. The van der Waals surface area contributed by atoms with E-state index < -0.39 is 0 Å². The first-order chi connectivity index (χ1) is 12.1. The van der Waals surface area contributed by atoms with Crippen LogP contribution in [0, 0.1) is 12.3 Å². The van der Waals surface area contributed by atoms with Crippen LogP contribution in [0.2, 0.25) is 0 Å². The third kappa shape index (κ3) is 4.11. The Morgan fingerprint density at radius 2 is 1.74 bits per heavy atom. The van der Waals surface area contributed by atoms with Crippen molar-refractivity contribution in [3.8, 4) is 5.69 Å². The Labute approximate surface area is 173 Å². The van der Waals surface area contributed by atoms with Crippen LogP contribution in [-0.4, -0.2) is 40.4 Å². The number of nitrogens with zero attached hydrogens (tertiary/aromatic N) is 3. The van der Waals surface area contributed by atoms with Crippen molar-refractivity contribution in [1.29, 1.82) is 0 Å². The molecule has 0 aliphatic carbocycles. The first-order valence-electron chi connectivity index (χ1n) is 9.36. The fourth-order valence-corrected chi connectivity index (χ4v) is 4.56. The van der Waals surface area contributed by atoms with Crippen molar-refractivity contribution in [2.24, 2.45) is 12.5 Å². The third-order valence-corrected chi connectivity index (χ3v) is 6.24.